The van der Waals surface area contributed by atoms with Crippen LogP contribution in [0.1, 0.15) is 51.4 Å². The highest BCUT2D eigenvalue weighted by atomic mass is 19.1. The Morgan fingerprint density at radius 2 is 1.86 bits per heavy atom. The Hall–Kier alpha value is -3.38. The van der Waals surface area contributed by atoms with Crippen LogP contribution in [-0.2, 0) is 6.42 Å². The molecule has 5 nitrogen and oxygen atoms in total. The summed E-state index contributed by atoms with van der Waals surface area (Å²) in [5.74, 6) is 1.89. The molecule has 1 fully saturated rings. The van der Waals surface area contributed by atoms with Gasteiger partial charge < -0.3 is 19.5 Å². The van der Waals surface area contributed by atoms with Gasteiger partial charge in [0.25, 0.3) is 0 Å². The molecule has 0 aliphatic carbocycles. The summed E-state index contributed by atoms with van der Waals surface area (Å²) >= 11 is 0. The Labute approximate surface area is 211 Å². The number of carbonyl (C=O) groups is 1. The molecule has 3 aromatic carbocycles. The second-order valence-corrected chi connectivity index (χ2v) is 9.72. The van der Waals surface area contributed by atoms with Crippen molar-refractivity contribution in [3.63, 3.8) is 0 Å². The molecule has 0 bridgehead atoms. The number of Topliss-reactive ketones (excluding diaryl/α,β-unsaturated/α-hetero) is 1. The number of ether oxygens (including phenoxy) is 3. The zero-order valence-corrected chi connectivity index (χ0v) is 20.8. The predicted octanol–water partition coefficient (Wildman–Crippen LogP) is 5.76. The minimum atomic E-state index is -0.452. The van der Waals surface area contributed by atoms with Gasteiger partial charge in [-0.2, -0.15) is 0 Å². The van der Waals surface area contributed by atoms with Crippen LogP contribution in [0.15, 0.2) is 54.6 Å². The molecule has 0 aromatic heterocycles. The van der Waals surface area contributed by atoms with E-state index >= 15 is 0 Å². The molecule has 1 saturated heterocycles. The molecular weight excluding hydrogens is 457 g/mol. The van der Waals surface area contributed by atoms with Crippen LogP contribution in [0.3, 0.4) is 0 Å². The van der Waals surface area contributed by atoms with E-state index in [1.165, 1.54) is 11.6 Å². The monoisotopic (exact) mass is 489 g/mol. The van der Waals surface area contributed by atoms with Crippen molar-refractivity contribution in [1.82, 2.24) is 5.32 Å². The van der Waals surface area contributed by atoms with Crippen molar-refractivity contribution in [3.8, 4) is 17.2 Å². The average molecular weight is 490 g/mol. The van der Waals surface area contributed by atoms with E-state index in [0.717, 1.165) is 47.7 Å². The second kappa shape index (κ2) is 10.7. The van der Waals surface area contributed by atoms with E-state index in [9.17, 15) is 9.18 Å². The Kier molecular flexibility index (Phi) is 7.23. The van der Waals surface area contributed by atoms with Crippen molar-refractivity contribution >= 4 is 5.78 Å². The molecule has 2 heterocycles. The highest BCUT2D eigenvalue weighted by Crippen LogP contribution is 2.36. The summed E-state index contributed by atoms with van der Waals surface area (Å²) in [7, 11) is 0. The van der Waals surface area contributed by atoms with Gasteiger partial charge in [0, 0.05) is 24.9 Å². The van der Waals surface area contributed by atoms with Crippen molar-refractivity contribution in [3.05, 3.63) is 88.2 Å². The molecule has 36 heavy (non-hydrogen) atoms. The number of hydrogen-bond donors (Lipinski definition) is 1. The summed E-state index contributed by atoms with van der Waals surface area (Å²) in [6.07, 6.45) is 1.80. The molecule has 0 spiro atoms. The molecule has 2 aliphatic rings. The summed E-state index contributed by atoms with van der Waals surface area (Å²) in [6, 6.07) is 16.7. The summed E-state index contributed by atoms with van der Waals surface area (Å²) in [5.41, 5.74) is 4.68. The maximum Gasteiger partial charge on any atom is 0.231 e. The van der Waals surface area contributed by atoms with Crippen LogP contribution in [0, 0.1) is 25.6 Å². The van der Waals surface area contributed by atoms with Crippen LogP contribution >= 0.6 is 0 Å². The summed E-state index contributed by atoms with van der Waals surface area (Å²) in [4.78, 5) is 13.1. The molecule has 0 unspecified atom stereocenters. The number of nitrogens with one attached hydrogen (secondary N) is 1. The van der Waals surface area contributed by atoms with Gasteiger partial charge in [0.15, 0.2) is 17.3 Å². The van der Waals surface area contributed by atoms with E-state index in [4.69, 9.17) is 14.2 Å². The molecule has 3 aromatic rings. The highest BCUT2D eigenvalue weighted by Gasteiger charge is 2.28. The first-order valence-corrected chi connectivity index (χ1v) is 12.6. The van der Waals surface area contributed by atoms with E-state index in [1.807, 2.05) is 30.3 Å². The lowest BCUT2D eigenvalue weighted by Crippen LogP contribution is -2.38. The maximum atomic E-state index is 14.8. The number of hydrogen-bond acceptors (Lipinski definition) is 5. The number of aryl methyl sites for hydroxylation is 2. The van der Waals surface area contributed by atoms with Gasteiger partial charge in [0.2, 0.25) is 6.79 Å². The van der Waals surface area contributed by atoms with Crippen molar-refractivity contribution in [1.29, 1.82) is 0 Å². The molecule has 5 rings (SSSR count). The fourth-order valence-corrected chi connectivity index (χ4v) is 5.31. The lowest BCUT2D eigenvalue weighted by Gasteiger charge is -2.32. The first kappa shape index (κ1) is 24.3. The maximum absolute atomic E-state index is 14.8. The van der Waals surface area contributed by atoms with E-state index in [1.54, 1.807) is 6.07 Å². The minimum Gasteiger partial charge on any atom is -0.493 e. The number of halogens is 1. The fourth-order valence-electron chi connectivity index (χ4n) is 5.31. The van der Waals surface area contributed by atoms with E-state index in [0.29, 0.717) is 18.8 Å². The van der Waals surface area contributed by atoms with E-state index in [-0.39, 0.29) is 36.4 Å². The minimum absolute atomic E-state index is 0.154. The third-order valence-corrected chi connectivity index (χ3v) is 7.38. The second-order valence-electron chi connectivity index (χ2n) is 9.72. The summed E-state index contributed by atoms with van der Waals surface area (Å²) < 4.78 is 31.7. The first-order chi connectivity index (χ1) is 17.5. The van der Waals surface area contributed by atoms with Crippen LogP contribution in [-0.4, -0.2) is 32.3 Å². The first-order valence-electron chi connectivity index (χ1n) is 12.6. The average Bonchev–Trinajstić information content (AvgIpc) is 3.35. The van der Waals surface area contributed by atoms with Crippen LogP contribution in [0.25, 0.3) is 0 Å². The zero-order valence-electron chi connectivity index (χ0n) is 20.8. The largest absolute Gasteiger partial charge is 0.493 e. The molecule has 2 atom stereocenters. The third kappa shape index (κ3) is 5.24. The molecule has 0 saturated carbocycles. The number of benzene rings is 3. The molecule has 6 heteroatoms. The van der Waals surface area contributed by atoms with Gasteiger partial charge in [-0.3, -0.25) is 4.79 Å². The highest BCUT2D eigenvalue weighted by molar-refractivity contribution is 5.96. The zero-order chi connectivity index (χ0) is 25.1. The van der Waals surface area contributed by atoms with Crippen LogP contribution in [0.4, 0.5) is 4.39 Å². The molecule has 188 valence electrons. The normalized spacial score (nSPS) is 18.8. The lowest BCUT2D eigenvalue weighted by molar-refractivity contribution is 0.0978. The molecule has 0 radical (unpaired) electrons. The molecule has 0 amide bonds. The Morgan fingerprint density at radius 1 is 1.06 bits per heavy atom. The van der Waals surface area contributed by atoms with E-state index < -0.39 is 5.82 Å². The smallest absolute Gasteiger partial charge is 0.231 e. The number of carbonyl (C=O) groups excluding carboxylic acids is 1. The lowest BCUT2D eigenvalue weighted by atomic mass is 9.80. The summed E-state index contributed by atoms with van der Waals surface area (Å²) in [5, 5.41) is 3.44. The summed E-state index contributed by atoms with van der Waals surface area (Å²) in [6.45, 7) is 6.50. The van der Waals surface area contributed by atoms with Crippen molar-refractivity contribution < 1.29 is 23.4 Å². The van der Waals surface area contributed by atoms with Gasteiger partial charge in [-0.15, -0.1) is 0 Å². The van der Waals surface area contributed by atoms with Gasteiger partial charge in [0.05, 0.1) is 12.2 Å². The van der Waals surface area contributed by atoms with Gasteiger partial charge in [-0.1, -0.05) is 24.3 Å². The van der Waals surface area contributed by atoms with Crippen LogP contribution in [0.2, 0.25) is 0 Å². The van der Waals surface area contributed by atoms with Crippen LogP contribution in [0.5, 0.6) is 17.2 Å². The van der Waals surface area contributed by atoms with Crippen LogP contribution < -0.4 is 19.5 Å². The Morgan fingerprint density at radius 3 is 2.69 bits per heavy atom. The van der Waals surface area contributed by atoms with Crippen molar-refractivity contribution in [2.75, 3.05) is 26.5 Å². The quantitative estimate of drug-likeness (QED) is 0.408. The van der Waals surface area contributed by atoms with Gasteiger partial charge in [-0.05, 0) is 85.7 Å². The van der Waals surface area contributed by atoms with Gasteiger partial charge >= 0.3 is 0 Å². The third-order valence-electron chi connectivity index (χ3n) is 7.38. The number of ketones is 1. The van der Waals surface area contributed by atoms with Crippen molar-refractivity contribution in [2.24, 2.45) is 5.92 Å². The Bertz CT molecular complexity index is 1240. The topological polar surface area (TPSA) is 56.8 Å². The molecule has 2 aliphatic heterocycles. The van der Waals surface area contributed by atoms with E-state index in [2.05, 4.69) is 31.3 Å². The number of fused-ring (bicyclic) bond motifs is 1. The van der Waals surface area contributed by atoms with Gasteiger partial charge in [-0.25, -0.2) is 4.39 Å². The number of piperidine rings is 1. The Balaban J connectivity index is 1.28. The number of rotatable bonds is 8. The van der Waals surface area contributed by atoms with Gasteiger partial charge in [0.1, 0.15) is 11.6 Å². The fraction of sp³-hybridized carbons (Fsp3) is 0.367. The molecular formula is C30H32FNO4. The predicted molar refractivity (Wildman–Crippen MR) is 137 cm³/mol. The standard InChI is InChI=1S/C30H32FNO4/c1-19-4-3-5-20(2)24(19)8-10-28(33)26-14-21(6-9-27(26)31)25-12-13-32-16-22(25)17-34-23-7-11-29-30(15-23)36-18-35-29/h3-7,9,11,14-15,22,25,32H,8,10,12-13,16-18H2,1-2H3/t22-,25-/m0/s1. The van der Waals surface area contributed by atoms with Crippen molar-refractivity contribution in [2.45, 2.75) is 39.0 Å². The SMILES string of the molecule is Cc1cccc(C)c1CCC(=O)c1cc([C@@H]2CCNC[C@H]2COc2ccc3c(c2)OCO3)ccc1F. The molecule has 1 N–H and O–H groups in total.